The van der Waals surface area contributed by atoms with Crippen LogP contribution in [-0.4, -0.2) is 17.1 Å². The van der Waals surface area contributed by atoms with Crippen molar-refractivity contribution in [3.8, 4) is 6.01 Å². The summed E-state index contributed by atoms with van der Waals surface area (Å²) in [6.45, 7) is 4.01. The Hall–Kier alpha value is -1.33. The molecule has 0 spiro atoms. The molecule has 0 atom stereocenters. The van der Waals surface area contributed by atoms with Crippen molar-refractivity contribution in [2.24, 2.45) is 5.92 Å². The van der Waals surface area contributed by atoms with Crippen molar-refractivity contribution in [1.29, 1.82) is 0 Å². The van der Waals surface area contributed by atoms with Gasteiger partial charge in [-0.2, -0.15) is 18.2 Å². The molecule has 0 bridgehead atoms. The summed E-state index contributed by atoms with van der Waals surface area (Å²) in [5.74, 6) is 0.408. The summed E-state index contributed by atoms with van der Waals surface area (Å²) in [6, 6.07) is 0.740. The van der Waals surface area contributed by atoms with E-state index in [4.69, 9.17) is 0 Å². The second-order valence-electron chi connectivity index (χ2n) is 4.16. The van der Waals surface area contributed by atoms with Gasteiger partial charge in [-0.05, 0) is 24.8 Å². The minimum Gasteiger partial charge on any atom is -0.467 e. The van der Waals surface area contributed by atoms with E-state index in [1.165, 1.54) is 7.11 Å². The highest BCUT2D eigenvalue weighted by Gasteiger charge is 2.33. The molecular weight excluding hydrogens is 233 g/mol. The summed E-state index contributed by atoms with van der Waals surface area (Å²) in [7, 11) is 1.25. The van der Waals surface area contributed by atoms with Crippen molar-refractivity contribution < 1.29 is 17.9 Å². The van der Waals surface area contributed by atoms with Gasteiger partial charge in [-0.1, -0.05) is 13.8 Å². The number of methoxy groups -OCH3 is 1. The van der Waals surface area contributed by atoms with Gasteiger partial charge in [0.25, 0.3) is 0 Å². The molecule has 6 heteroatoms. The maximum Gasteiger partial charge on any atom is 0.433 e. The Morgan fingerprint density at radius 1 is 1.29 bits per heavy atom. The highest BCUT2D eigenvalue weighted by Crippen LogP contribution is 2.29. The Bertz CT molecular complexity index is 377. The van der Waals surface area contributed by atoms with Crippen LogP contribution in [0.4, 0.5) is 13.2 Å². The second-order valence-corrected chi connectivity index (χ2v) is 4.16. The quantitative estimate of drug-likeness (QED) is 0.821. The van der Waals surface area contributed by atoms with E-state index in [0.29, 0.717) is 18.0 Å². The minimum absolute atomic E-state index is 0.237. The molecular formula is C11H15F3N2O. The van der Waals surface area contributed by atoms with Crippen LogP contribution in [-0.2, 0) is 12.6 Å². The van der Waals surface area contributed by atoms with Crippen LogP contribution in [0.25, 0.3) is 0 Å². The van der Waals surface area contributed by atoms with Crippen molar-refractivity contribution >= 4 is 0 Å². The Labute approximate surface area is 98.0 Å². The second kappa shape index (κ2) is 5.33. The molecule has 0 amide bonds. The van der Waals surface area contributed by atoms with Gasteiger partial charge in [0.1, 0.15) is 0 Å². The zero-order valence-electron chi connectivity index (χ0n) is 10.0. The Kier molecular flexibility index (Phi) is 4.31. The SMILES string of the molecule is COc1nc(CCC(C)C)cc(C(F)(F)F)n1. The van der Waals surface area contributed by atoms with Crippen LogP contribution in [0, 0.1) is 5.92 Å². The van der Waals surface area contributed by atoms with E-state index in [1.807, 2.05) is 13.8 Å². The molecule has 0 fully saturated rings. The lowest BCUT2D eigenvalue weighted by Gasteiger charge is -2.10. The molecule has 1 aromatic heterocycles. The Morgan fingerprint density at radius 2 is 1.94 bits per heavy atom. The normalized spacial score (nSPS) is 11.9. The fourth-order valence-electron chi connectivity index (χ4n) is 1.27. The molecule has 17 heavy (non-hydrogen) atoms. The van der Waals surface area contributed by atoms with E-state index >= 15 is 0 Å². The first-order valence-electron chi connectivity index (χ1n) is 5.32. The average molecular weight is 248 g/mol. The third-order valence-corrected chi connectivity index (χ3v) is 2.21. The smallest absolute Gasteiger partial charge is 0.433 e. The molecule has 1 aromatic rings. The Morgan fingerprint density at radius 3 is 2.41 bits per heavy atom. The first-order chi connectivity index (χ1) is 7.82. The van der Waals surface area contributed by atoms with Crippen LogP contribution < -0.4 is 4.74 Å². The first-order valence-corrected chi connectivity index (χ1v) is 5.32. The number of nitrogens with zero attached hydrogens (tertiary/aromatic N) is 2. The molecule has 3 nitrogen and oxygen atoms in total. The van der Waals surface area contributed by atoms with Crippen molar-refractivity contribution in [1.82, 2.24) is 9.97 Å². The van der Waals surface area contributed by atoms with Crippen molar-refractivity contribution in [2.45, 2.75) is 32.9 Å². The van der Waals surface area contributed by atoms with E-state index in [0.717, 1.165) is 12.5 Å². The highest BCUT2D eigenvalue weighted by atomic mass is 19.4. The van der Waals surface area contributed by atoms with Crippen LogP contribution in [0.2, 0.25) is 0 Å². The zero-order chi connectivity index (χ0) is 13.1. The minimum atomic E-state index is -4.47. The molecule has 96 valence electrons. The molecule has 1 heterocycles. The van der Waals surface area contributed by atoms with E-state index < -0.39 is 11.9 Å². The maximum absolute atomic E-state index is 12.5. The van der Waals surface area contributed by atoms with E-state index in [-0.39, 0.29) is 6.01 Å². The standard InChI is InChI=1S/C11H15F3N2O/c1-7(2)4-5-8-6-9(11(12,13)14)16-10(15-8)17-3/h6-7H,4-5H2,1-3H3. The van der Waals surface area contributed by atoms with E-state index in [2.05, 4.69) is 14.7 Å². The van der Waals surface area contributed by atoms with Gasteiger partial charge in [-0.25, -0.2) is 4.98 Å². The van der Waals surface area contributed by atoms with Crippen LogP contribution >= 0.6 is 0 Å². The lowest BCUT2D eigenvalue weighted by atomic mass is 10.1. The van der Waals surface area contributed by atoms with Crippen LogP contribution in [0.15, 0.2) is 6.07 Å². The molecule has 0 aliphatic rings. The molecule has 0 radical (unpaired) electrons. The highest BCUT2D eigenvalue weighted by molar-refractivity contribution is 5.16. The number of halogens is 3. The Balaban J connectivity index is 2.97. The van der Waals surface area contributed by atoms with Gasteiger partial charge in [0, 0.05) is 5.69 Å². The molecule has 0 saturated carbocycles. The summed E-state index contributed by atoms with van der Waals surface area (Å²) in [4.78, 5) is 7.20. The lowest BCUT2D eigenvalue weighted by Crippen LogP contribution is -2.11. The number of aromatic nitrogens is 2. The maximum atomic E-state index is 12.5. The van der Waals surface area contributed by atoms with Crippen LogP contribution in [0.1, 0.15) is 31.7 Å². The average Bonchev–Trinajstić information content (AvgIpc) is 2.24. The summed E-state index contributed by atoms with van der Waals surface area (Å²) < 4.78 is 42.3. The van der Waals surface area contributed by atoms with Gasteiger partial charge in [0.15, 0.2) is 5.69 Å². The third-order valence-electron chi connectivity index (χ3n) is 2.21. The summed E-state index contributed by atoms with van der Waals surface area (Å²) >= 11 is 0. The number of hydrogen-bond donors (Lipinski definition) is 0. The van der Waals surface area contributed by atoms with Gasteiger partial charge in [0.2, 0.25) is 0 Å². The van der Waals surface area contributed by atoms with E-state index in [9.17, 15) is 13.2 Å². The number of aryl methyl sites for hydroxylation is 1. The number of hydrogen-bond acceptors (Lipinski definition) is 3. The lowest BCUT2D eigenvalue weighted by molar-refractivity contribution is -0.141. The van der Waals surface area contributed by atoms with Gasteiger partial charge in [-0.15, -0.1) is 0 Å². The zero-order valence-corrected chi connectivity index (χ0v) is 10.0. The fraction of sp³-hybridized carbons (Fsp3) is 0.636. The monoisotopic (exact) mass is 248 g/mol. The van der Waals surface area contributed by atoms with Crippen LogP contribution in [0.5, 0.6) is 6.01 Å². The summed E-state index contributed by atoms with van der Waals surface area (Å²) in [5.41, 5.74) is -0.596. The molecule has 0 aliphatic carbocycles. The fourth-order valence-corrected chi connectivity index (χ4v) is 1.27. The third kappa shape index (κ3) is 4.20. The van der Waals surface area contributed by atoms with Crippen molar-refractivity contribution in [3.05, 3.63) is 17.5 Å². The van der Waals surface area contributed by atoms with Gasteiger partial charge in [0.05, 0.1) is 7.11 Å². The summed E-state index contributed by atoms with van der Waals surface area (Å²) in [5, 5.41) is 0. The van der Waals surface area contributed by atoms with Gasteiger partial charge < -0.3 is 4.74 Å². The van der Waals surface area contributed by atoms with Crippen molar-refractivity contribution in [3.63, 3.8) is 0 Å². The predicted octanol–water partition coefficient (Wildman–Crippen LogP) is 3.09. The predicted molar refractivity (Wildman–Crippen MR) is 56.7 cm³/mol. The first kappa shape index (κ1) is 13.7. The molecule has 0 saturated heterocycles. The van der Waals surface area contributed by atoms with Gasteiger partial charge >= 0.3 is 12.2 Å². The largest absolute Gasteiger partial charge is 0.467 e. The topological polar surface area (TPSA) is 35.0 Å². The number of alkyl halides is 3. The van der Waals surface area contributed by atoms with Crippen LogP contribution in [0.3, 0.4) is 0 Å². The number of rotatable bonds is 4. The summed E-state index contributed by atoms with van der Waals surface area (Å²) in [6.07, 6.45) is -3.21. The molecule has 0 unspecified atom stereocenters. The molecule has 0 aliphatic heterocycles. The van der Waals surface area contributed by atoms with E-state index in [1.54, 1.807) is 0 Å². The molecule has 1 rings (SSSR count). The van der Waals surface area contributed by atoms with Gasteiger partial charge in [-0.3, -0.25) is 0 Å². The molecule has 0 N–H and O–H groups in total. The number of ether oxygens (including phenoxy) is 1. The molecule has 0 aromatic carbocycles. The van der Waals surface area contributed by atoms with Crippen molar-refractivity contribution in [2.75, 3.05) is 7.11 Å².